The number of rotatable bonds is 0. The van der Waals surface area contributed by atoms with Gasteiger partial charge >= 0.3 is 14.5 Å². The van der Waals surface area contributed by atoms with E-state index in [-0.39, 0.29) is 51.8 Å². The molecule has 4 heterocycles. The normalized spacial score (nSPS) is 44.9. The highest BCUT2D eigenvalue weighted by atomic mass is 32.2. The van der Waals surface area contributed by atoms with Crippen LogP contribution in [0.4, 0.5) is 0 Å². The van der Waals surface area contributed by atoms with Crippen LogP contribution in [0.15, 0.2) is 0 Å². The van der Waals surface area contributed by atoms with Crippen LogP contribution >= 0.6 is 11.8 Å². The maximum Gasteiger partial charge on any atom is 0.350 e. The van der Waals surface area contributed by atoms with Crippen LogP contribution in [0.1, 0.15) is 41.5 Å². The van der Waals surface area contributed by atoms with Gasteiger partial charge in [-0.25, -0.2) is 0 Å². The van der Waals surface area contributed by atoms with Crippen molar-refractivity contribution < 1.29 is 23.1 Å². The highest BCUT2D eigenvalue weighted by Gasteiger charge is 2.71. The lowest BCUT2D eigenvalue weighted by Gasteiger charge is -2.64. The third-order valence-electron chi connectivity index (χ3n) is 5.47. The number of carbonyl (C=O) groups is 1. The van der Waals surface area contributed by atoms with E-state index in [2.05, 4.69) is 41.5 Å². The molecule has 0 spiro atoms. The van der Waals surface area contributed by atoms with Crippen molar-refractivity contribution in [1.82, 2.24) is 0 Å². The zero-order valence-electron chi connectivity index (χ0n) is 14.6. The predicted molar refractivity (Wildman–Crippen MR) is 89.7 cm³/mol. The van der Waals surface area contributed by atoms with E-state index < -0.39 is 8.56 Å². The molecule has 6 atom stereocenters. The van der Waals surface area contributed by atoms with Crippen molar-refractivity contribution >= 4 is 26.3 Å². The van der Waals surface area contributed by atoms with Gasteiger partial charge in [-0.2, -0.15) is 0 Å². The summed E-state index contributed by atoms with van der Waals surface area (Å²) in [6, 6.07) is 0. The summed E-state index contributed by atoms with van der Waals surface area (Å²) in [6.45, 7) is 13.3. The van der Waals surface area contributed by atoms with Gasteiger partial charge in [0, 0.05) is 15.8 Å². The SMILES string of the molecule is CC(C)(C)[Si]1(C(C)(C)C)O[C@@H]2[C@H]3OC(=O)[C@@H]4SC[C@@H](O[C@H]24)[C@H]3O1. The monoisotopic (exact) mass is 358 g/mol. The summed E-state index contributed by atoms with van der Waals surface area (Å²) in [5, 5.41) is -0.410. The molecule has 0 amide bonds. The maximum absolute atomic E-state index is 12.2. The Morgan fingerprint density at radius 1 is 0.957 bits per heavy atom. The van der Waals surface area contributed by atoms with E-state index in [4.69, 9.17) is 18.3 Å². The summed E-state index contributed by atoms with van der Waals surface area (Å²) in [5.74, 6) is 0.625. The summed E-state index contributed by atoms with van der Waals surface area (Å²) >= 11 is 1.63. The zero-order chi connectivity index (χ0) is 16.8. The first-order chi connectivity index (χ1) is 10.6. The highest BCUT2D eigenvalue weighted by Crippen LogP contribution is 2.59. The van der Waals surface area contributed by atoms with Crippen LogP contribution in [0, 0.1) is 0 Å². The molecule has 4 fully saturated rings. The molecule has 0 aliphatic carbocycles. The fourth-order valence-corrected chi connectivity index (χ4v) is 11.0. The van der Waals surface area contributed by atoms with Gasteiger partial charge in [0.05, 0.1) is 6.10 Å². The van der Waals surface area contributed by atoms with E-state index in [0.717, 1.165) is 5.75 Å². The van der Waals surface area contributed by atoms with Gasteiger partial charge in [-0.15, -0.1) is 11.8 Å². The fourth-order valence-electron chi connectivity index (χ4n) is 4.67. The van der Waals surface area contributed by atoms with Gasteiger partial charge in [0.1, 0.15) is 23.6 Å². The molecule has 0 N–H and O–H groups in total. The van der Waals surface area contributed by atoms with Gasteiger partial charge in [-0.1, -0.05) is 41.5 Å². The molecule has 0 unspecified atom stereocenters. The van der Waals surface area contributed by atoms with Gasteiger partial charge in [-0.05, 0) is 0 Å². The van der Waals surface area contributed by atoms with Crippen LogP contribution in [0.2, 0.25) is 10.1 Å². The number of ether oxygens (including phenoxy) is 2. The minimum atomic E-state index is -2.59. The van der Waals surface area contributed by atoms with E-state index in [1.54, 1.807) is 11.8 Å². The first kappa shape index (κ1) is 16.4. The van der Waals surface area contributed by atoms with Crippen LogP contribution < -0.4 is 0 Å². The first-order valence-electron chi connectivity index (χ1n) is 8.38. The van der Waals surface area contributed by atoms with Crippen LogP contribution in [0.5, 0.6) is 0 Å². The average molecular weight is 359 g/mol. The summed E-state index contributed by atoms with van der Waals surface area (Å²) in [5.41, 5.74) is 0. The molecular weight excluding hydrogens is 332 g/mol. The summed E-state index contributed by atoms with van der Waals surface area (Å²) in [7, 11) is -2.59. The van der Waals surface area contributed by atoms with Crippen LogP contribution in [0.3, 0.4) is 0 Å². The molecule has 4 aliphatic rings. The molecule has 5 bridgehead atoms. The Morgan fingerprint density at radius 2 is 1.57 bits per heavy atom. The Kier molecular flexibility index (Phi) is 3.39. The third-order valence-corrected chi connectivity index (χ3v) is 12.0. The predicted octanol–water partition coefficient (Wildman–Crippen LogP) is 2.62. The van der Waals surface area contributed by atoms with Gasteiger partial charge in [0.2, 0.25) is 0 Å². The smallest absolute Gasteiger partial charge is 0.350 e. The third kappa shape index (κ3) is 2.06. The Bertz CT molecular complexity index is 513. The minimum absolute atomic E-state index is 0.00363. The second-order valence-electron chi connectivity index (χ2n) is 9.08. The standard InChI is InChI=1S/C16H26O5SSi/c1-15(2,3)23(16(4,5)6)20-9-8-7-22-13-12(18-8)11(21-23)10(9)19-14(13)17/h8-13H,7H2,1-6H3/t8-,9-,10+,11-,12-,13-/m1/s1. The van der Waals surface area contributed by atoms with Crippen molar-refractivity contribution in [3.63, 3.8) is 0 Å². The number of fused-ring (bicyclic) bond motifs is 2. The second-order valence-corrected chi connectivity index (χ2v) is 15.0. The summed E-state index contributed by atoms with van der Waals surface area (Å²) in [6.07, 6.45) is -0.898. The number of thioether (sulfide) groups is 1. The Hall–Kier alpha value is -0.0831. The van der Waals surface area contributed by atoms with E-state index in [0.29, 0.717) is 0 Å². The van der Waals surface area contributed by atoms with Crippen molar-refractivity contribution in [3.8, 4) is 0 Å². The van der Waals surface area contributed by atoms with Gasteiger partial charge in [-0.3, -0.25) is 4.79 Å². The molecule has 4 aliphatic heterocycles. The van der Waals surface area contributed by atoms with Crippen LogP contribution in [-0.2, 0) is 23.1 Å². The Balaban J connectivity index is 1.80. The Morgan fingerprint density at radius 3 is 2.17 bits per heavy atom. The molecule has 0 radical (unpaired) electrons. The first-order valence-corrected chi connectivity index (χ1v) is 11.2. The maximum atomic E-state index is 12.2. The van der Waals surface area contributed by atoms with E-state index >= 15 is 0 Å². The lowest BCUT2D eigenvalue weighted by molar-refractivity contribution is -0.273. The van der Waals surface area contributed by atoms with Crippen LogP contribution in [-0.4, -0.2) is 56.1 Å². The number of carbonyl (C=O) groups excluding carboxylic acids is 1. The van der Waals surface area contributed by atoms with Crippen molar-refractivity contribution in [2.45, 2.75) is 87.4 Å². The summed E-state index contributed by atoms with van der Waals surface area (Å²) < 4.78 is 25.4. The van der Waals surface area contributed by atoms with Crippen molar-refractivity contribution in [1.29, 1.82) is 0 Å². The molecule has 5 nitrogen and oxygen atoms in total. The largest absolute Gasteiger partial charge is 0.456 e. The molecule has 4 rings (SSSR count). The molecule has 0 saturated carbocycles. The lowest BCUT2D eigenvalue weighted by atomic mass is 9.90. The summed E-state index contributed by atoms with van der Waals surface area (Å²) in [4.78, 5) is 12.2. The number of hydrogen-bond donors (Lipinski definition) is 0. The fraction of sp³-hybridized carbons (Fsp3) is 0.938. The van der Waals surface area contributed by atoms with Gasteiger partial charge in [0.15, 0.2) is 6.10 Å². The topological polar surface area (TPSA) is 54.0 Å². The number of hydrogen-bond acceptors (Lipinski definition) is 6. The van der Waals surface area contributed by atoms with Gasteiger partial charge < -0.3 is 18.3 Å². The van der Waals surface area contributed by atoms with Crippen molar-refractivity contribution in [2.24, 2.45) is 0 Å². The molecule has 0 aromatic heterocycles. The lowest BCUT2D eigenvalue weighted by Crippen LogP contribution is -2.79. The average Bonchev–Trinajstić information content (AvgIpc) is 2.41. The molecule has 0 aromatic carbocycles. The van der Waals surface area contributed by atoms with E-state index in [9.17, 15) is 4.79 Å². The molecule has 7 heteroatoms. The van der Waals surface area contributed by atoms with Crippen molar-refractivity contribution in [3.05, 3.63) is 0 Å². The van der Waals surface area contributed by atoms with Crippen LogP contribution in [0.25, 0.3) is 0 Å². The molecule has 130 valence electrons. The Labute approximate surface area is 143 Å². The quantitative estimate of drug-likeness (QED) is 0.490. The molecule has 23 heavy (non-hydrogen) atoms. The van der Waals surface area contributed by atoms with Gasteiger partial charge in [0.25, 0.3) is 0 Å². The van der Waals surface area contributed by atoms with Crippen molar-refractivity contribution in [2.75, 3.05) is 5.75 Å². The number of esters is 1. The second kappa shape index (κ2) is 4.75. The van der Waals surface area contributed by atoms with E-state index in [1.807, 2.05) is 0 Å². The minimum Gasteiger partial charge on any atom is -0.456 e. The zero-order valence-corrected chi connectivity index (χ0v) is 16.4. The van der Waals surface area contributed by atoms with E-state index in [1.165, 1.54) is 0 Å². The molecular formula is C16H26O5SSi. The molecule has 4 saturated heterocycles. The molecule has 0 aromatic rings. The highest BCUT2D eigenvalue weighted by molar-refractivity contribution is 8.00.